The number of hydrazine groups is 1. The summed E-state index contributed by atoms with van der Waals surface area (Å²) in [7, 11) is 6.26. The Hall–Kier alpha value is -6.71. The zero-order chi connectivity index (χ0) is 56.3. The summed E-state index contributed by atoms with van der Waals surface area (Å²) in [6.07, 6.45) is 9.04. The summed E-state index contributed by atoms with van der Waals surface area (Å²) in [5, 5.41) is 22.4. The second kappa shape index (κ2) is 37.9. The molecular weight excluding hydrogens is 993 g/mol. The fraction of sp³-hybridized carbons (Fsp3) is 0.549. The van der Waals surface area contributed by atoms with E-state index in [2.05, 4.69) is 35.8 Å². The van der Waals surface area contributed by atoms with Crippen molar-refractivity contribution in [2.24, 2.45) is 12.9 Å². The molecule has 25 heteroatoms. The first-order chi connectivity index (χ1) is 36.6. The van der Waals surface area contributed by atoms with E-state index < -0.39 is 17.3 Å². The summed E-state index contributed by atoms with van der Waals surface area (Å²) >= 11 is 0. The van der Waals surface area contributed by atoms with Crippen LogP contribution in [0.4, 0.5) is 0 Å². The predicted molar refractivity (Wildman–Crippen MR) is 282 cm³/mol. The number of carbonyl (C=O) groups is 4. The Morgan fingerprint density at radius 1 is 0.882 bits per heavy atom. The van der Waals surface area contributed by atoms with Crippen LogP contribution < -0.4 is 43.3 Å². The van der Waals surface area contributed by atoms with Crippen molar-refractivity contribution < 1.29 is 57.4 Å². The van der Waals surface area contributed by atoms with Gasteiger partial charge in [0.15, 0.2) is 5.75 Å². The van der Waals surface area contributed by atoms with Gasteiger partial charge in [0.25, 0.3) is 17.0 Å². The van der Waals surface area contributed by atoms with Gasteiger partial charge in [-0.05, 0) is 54.9 Å². The highest BCUT2D eigenvalue weighted by Gasteiger charge is 2.27. The fourth-order valence-electron chi connectivity index (χ4n) is 6.89. The van der Waals surface area contributed by atoms with Crippen LogP contribution in [0.15, 0.2) is 69.5 Å². The number of hydrogen-bond donors (Lipinski definition) is 6. The van der Waals surface area contributed by atoms with E-state index in [1.165, 1.54) is 41.7 Å². The number of amides is 4. The van der Waals surface area contributed by atoms with E-state index in [1.807, 2.05) is 32.9 Å². The van der Waals surface area contributed by atoms with Gasteiger partial charge >= 0.3 is 5.69 Å². The molecule has 1 aliphatic heterocycles. The second-order valence-electron chi connectivity index (χ2n) is 16.6. The first-order valence-corrected chi connectivity index (χ1v) is 24.9. The van der Waals surface area contributed by atoms with Gasteiger partial charge in [0.05, 0.1) is 70.7 Å². The number of aliphatic hydroxyl groups is 1. The number of pyridine rings is 1. The molecule has 7 N–H and O–H groups in total. The summed E-state index contributed by atoms with van der Waals surface area (Å²) in [4.78, 5) is 88.9. The summed E-state index contributed by atoms with van der Waals surface area (Å²) in [6.45, 7) is 11.6. The number of hydrogen-bond acceptors (Lipinski definition) is 18. The highest BCUT2D eigenvalue weighted by atomic mass is 16.6. The van der Waals surface area contributed by atoms with Gasteiger partial charge in [0.1, 0.15) is 18.9 Å². The summed E-state index contributed by atoms with van der Waals surface area (Å²) in [5.41, 5.74) is 2.65. The Balaban J connectivity index is 0.000000670. The van der Waals surface area contributed by atoms with Crippen molar-refractivity contribution in [3.8, 4) is 16.9 Å². The molecule has 0 radical (unpaired) electrons. The Kier molecular flexibility index (Phi) is 32.6. The van der Waals surface area contributed by atoms with Gasteiger partial charge in [-0.3, -0.25) is 48.3 Å². The second-order valence-corrected chi connectivity index (χ2v) is 16.6. The smallest absolute Gasteiger partial charge is 0.330 e. The lowest BCUT2D eigenvalue weighted by Crippen LogP contribution is -2.49. The number of nitrogens with one attached hydrogen (secondary N) is 4. The Morgan fingerprint density at radius 3 is 2.00 bits per heavy atom. The lowest BCUT2D eigenvalue weighted by atomic mass is 9.98. The van der Waals surface area contributed by atoms with E-state index in [-0.39, 0.29) is 61.9 Å². The molecule has 4 aromatic rings. The normalized spacial score (nSPS) is 13.8. The molecule has 1 aliphatic rings. The highest BCUT2D eigenvalue weighted by molar-refractivity contribution is 6.00. The molecule has 1 fully saturated rings. The Bertz CT molecular complexity index is 2480. The van der Waals surface area contributed by atoms with Gasteiger partial charge < -0.3 is 54.2 Å². The molecule has 3 aromatic heterocycles. The number of methoxy groups -OCH3 is 2. The minimum Gasteiger partial charge on any atom is -0.489 e. The van der Waals surface area contributed by atoms with Crippen LogP contribution >= 0.6 is 0 Å². The summed E-state index contributed by atoms with van der Waals surface area (Å²) < 4.78 is 39.9. The average molecular weight is 1070 g/mol. The van der Waals surface area contributed by atoms with Crippen LogP contribution in [0.2, 0.25) is 0 Å². The van der Waals surface area contributed by atoms with Gasteiger partial charge in [-0.1, -0.05) is 38.1 Å². The van der Waals surface area contributed by atoms with Crippen LogP contribution in [0.1, 0.15) is 73.8 Å². The monoisotopic (exact) mass is 1070 g/mol. The molecule has 3 atom stereocenters. The maximum Gasteiger partial charge on any atom is 0.330 e. The third kappa shape index (κ3) is 24.3. The minimum atomic E-state index is -0.870. The van der Waals surface area contributed by atoms with Crippen molar-refractivity contribution in [2.45, 2.75) is 78.2 Å². The molecule has 1 saturated heterocycles. The van der Waals surface area contributed by atoms with Crippen molar-refractivity contribution in [3.63, 3.8) is 0 Å². The zero-order valence-electron chi connectivity index (χ0n) is 45.0. The van der Waals surface area contributed by atoms with E-state index in [1.54, 1.807) is 45.8 Å². The van der Waals surface area contributed by atoms with E-state index >= 15 is 0 Å². The minimum absolute atomic E-state index is 0.0470. The van der Waals surface area contributed by atoms with Crippen LogP contribution in [0.5, 0.6) is 5.75 Å². The van der Waals surface area contributed by atoms with Crippen molar-refractivity contribution in [3.05, 3.63) is 109 Å². The quantitative estimate of drug-likeness (QED) is 0.0148. The SMILES string of the molecule is CCOC.CCc1cncc(CC)c1C(=O)NC(Cc1ccc(-c2c(OCCOCCOCCOCCNC(C)=O)cnn(C)c2=O)cc1)C(=O)NCCOC.CN(N)C=O.O=c1ccn(C2CCC(CO)O2)c(=O)[nH]1. The van der Waals surface area contributed by atoms with E-state index in [0.717, 1.165) is 28.3 Å². The van der Waals surface area contributed by atoms with Crippen LogP contribution in [0.3, 0.4) is 0 Å². The zero-order valence-corrected chi connectivity index (χ0v) is 45.0. The predicted octanol–water partition coefficient (Wildman–Crippen LogP) is 0.443. The number of carbonyl (C=O) groups excluding carboxylic acids is 4. The average Bonchev–Trinajstić information content (AvgIpc) is 3.90. The number of aromatic nitrogens is 5. The number of aromatic amines is 1. The van der Waals surface area contributed by atoms with Gasteiger partial charge in [-0.25, -0.2) is 15.3 Å². The molecule has 0 aliphatic carbocycles. The lowest BCUT2D eigenvalue weighted by Gasteiger charge is -2.21. The lowest BCUT2D eigenvalue weighted by molar-refractivity contribution is -0.123. The molecule has 1 aromatic carbocycles. The van der Waals surface area contributed by atoms with Crippen LogP contribution in [0.25, 0.3) is 11.1 Å². The fourth-order valence-corrected chi connectivity index (χ4v) is 6.89. The van der Waals surface area contributed by atoms with Crippen LogP contribution in [0, 0.1) is 0 Å². The highest BCUT2D eigenvalue weighted by Crippen LogP contribution is 2.27. The molecule has 4 amide bonds. The molecule has 0 bridgehead atoms. The molecule has 3 unspecified atom stereocenters. The van der Waals surface area contributed by atoms with Gasteiger partial charge in [0.2, 0.25) is 18.2 Å². The third-order valence-corrected chi connectivity index (χ3v) is 10.9. The Morgan fingerprint density at radius 2 is 1.47 bits per heavy atom. The number of ether oxygens (including phenoxy) is 7. The maximum absolute atomic E-state index is 13.6. The van der Waals surface area contributed by atoms with Gasteiger partial charge in [-0.15, -0.1) is 0 Å². The Labute approximate surface area is 442 Å². The van der Waals surface area contributed by atoms with Crippen molar-refractivity contribution in [1.82, 2.24) is 45.3 Å². The van der Waals surface area contributed by atoms with Crippen molar-refractivity contribution >= 4 is 24.1 Å². The number of nitrogens with zero attached hydrogens (tertiary/aromatic N) is 5. The first-order valence-electron chi connectivity index (χ1n) is 24.9. The van der Waals surface area contributed by atoms with Gasteiger partial charge in [0, 0.05) is 91.6 Å². The number of H-pyrrole nitrogens is 1. The number of aryl methyl sites for hydroxylation is 3. The number of benzene rings is 1. The topological polar surface area (TPSA) is 321 Å². The van der Waals surface area contributed by atoms with E-state index in [4.69, 9.17) is 39.4 Å². The number of rotatable bonds is 28. The van der Waals surface area contributed by atoms with Crippen LogP contribution in [-0.2, 0) is 69.1 Å². The third-order valence-electron chi connectivity index (χ3n) is 10.9. The van der Waals surface area contributed by atoms with Crippen molar-refractivity contribution in [1.29, 1.82) is 0 Å². The van der Waals surface area contributed by atoms with E-state index in [9.17, 15) is 33.6 Å². The van der Waals surface area contributed by atoms with E-state index in [0.29, 0.717) is 107 Å². The molecule has 422 valence electrons. The first kappa shape index (κ1) is 65.4. The van der Waals surface area contributed by atoms with Crippen molar-refractivity contribution in [2.75, 3.05) is 100 Å². The molecular formula is C51H78N10O15. The molecule has 4 heterocycles. The molecule has 25 nitrogen and oxygen atoms in total. The molecule has 5 rings (SSSR count). The number of nitrogens with two attached hydrogens (primary N) is 1. The summed E-state index contributed by atoms with van der Waals surface area (Å²) in [6, 6.07) is 7.61. The maximum atomic E-state index is 13.6. The van der Waals surface area contributed by atoms with Gasteiger partial charge in [-0.2, -0.15) is 5.10 Å². The molecule has 0 saturated carbocycles. The molecule has 0 spiro atoms. The molecule has 76 heavy (non-hydrogen) atoms. The number of aliphatic hydroxyl groups excluding tert-OH is 1. The summed E-state index contributed by atoms with van der Waals surface area (Å²) in [5.74, 6) is 4.30. The largest absolute Gasteiger partial charge is 0.489 e. The van der Waals surface area contributed by atoms with Crippen LogP contribution in [-0.4, -0.2) is 171 Å². The standard InChI is InChI=1S/C37H52N6O9.C9H12N2O4.C3H8O.C2H6N2O/c1-6-28-23-38-24-29(7-2)33(28)36(46)42-31(35(45)40-12-14-48-5)22-27-8-10-30(11-9-27)34-32(25-41-43(4)37(34)47)52-21-20-51-19-18-50-17-16-49-15-13-39-26(3)44;12-5-6-1-2-8(15-6)11-4-3-7(13)10-9(11)14;1-3-4-2;1-4(3)2-5/h8-11,23-25,31H,6-7,12-22H2,1-5H3,(H,39,44)(H,40,45)(H,42,46);3-4,6,8,12H,1-2,5H2,(H,10,13,14);3H2,1-2H3;2H,3H2,1H3.